The molecule has 1 aromatic carbocycles. The van der Waals surface area contributed by atoms with Crippen molar-refractivity contribution in [1.29, 1.82) is 0 Å². The summed E-state index contributed by atoms with van der Waals surface area (Å²) in [5.41, 5.74) is 11.8. The summed E-state index contributed by atoms with van der Waals surface area (Å²) in [5, 5.41) is 2.56. The third-order valence-electron chi connectivity index (χ3n) is 2.62. The van der Waals surface area contributed by atoms with Crippen molar-refractivity contribution in [3.63, 3.8) is 0 Å². The lowest BCUT2D eigenvalue weighted by Crippen LogP contribution is -2.42. The molecule has 1 aromatic rings. The van der Waals surface area contributed by atoms with Crippen LogP contribution in [0.4, 0.5) is 0 Å². The lowest BCUT2D eigenvalue weighted by atomic mass is 10.2. The summed E-state index contributed by atoms with van der Waals surface area (Å²) in [7, 11) is 0. The third-order valence-corrected chi connectivity index (χ3v) is 2.62. The molecule has 0 spiro atoms. The van der Waals surface area contributed by atoms with Gasteiger partial charge in [0.1, 0.15) is 6.61 Å². The van der Waals surface area contributed by atoms with Crippen molar-refractivity contribution >= 4 is 11.9 Å². The fourth-order valence-corrected chi connectivity index (χ4v) is 1.56. The van der Waals surface area contributed by atoms with Crippen LogP contribution >= 0.6 is 0 Å². The molecule has 1 rings (SSSR count). The van der Waals surface area contributed by atoms with E-state index in [4.69, 9.17) is 16.2 Å². The Bertz CT molecular complexity index is 423. The van der Waals surface area contributed by atoms with Crippen LogP contribution in [0.15, 0.2) is 30.3 Å². The maximum absolute atomic E-state index is 11.5. The number of esters is 1. The third kappa shape index (κ3) is 6.86. The predicted octanol–water partition coefficient (Wildman–Crippen LogP) is 0.260. The van der Waals surface area contributed by atoms with Crippen molar-refractivity contribution in [3.05, 3.63) is 35.9 Å². The highest BCUT2D eigenvalue weighted by molar-refractivity contribution is 5.81. The monoisotopic (exact) mass is 279 g/mol. The Morgan fingerprint density at radius 3 is 2.55 bits per heavy atom. The highest BCUT2D eigenvalue weighted by Crippen LogP contribution is 2.02. The topological polar surface area (TPSA) is 107 Å². The number of rotatable bonds is 8. The van der Waals surface area contributed by atoms with E-state index >= 15 is 0 Å². The largest absolute Gasteiger partial charge is 0.461 e. The van der Waals surface area contributed by atoms with Gasteiger partial charge in [-0.05, 0) is 18.5 Å². The van der Waals surface area contributed by atoms with Crippen LogP contribution in [0.25, 0.3) is 0 Å². The van der Waals surface area contributed by atoms with Crippen molar-refractivity contribution in [2.45, 2.75) is 32.0 Å². The first-order chi connectivity index (χ1) is 9.61. The Kier molecular flexibility index (Phi) is 7.31. The molecule has 0 aliphatic carbocycles. The Balaban J connectivity index is 2.18. The Hall–Kier alpha value is -1.92. The van der Waals surface area contributed by atoms with Gasteiger partial charge in [-0.25, -0.2) is 0 Å². The van der Waals surface area contributed by atoms with E-state index in [0.29, 0.717) is 13.0 Å². The summed E-state index contributed by atoms with van der Waals surface area (Å²) in [4.78, 5) is 22.9. The van der Waals surface area contributed by atoms with E-state index in [0.717, 1.165) is 5.56 Å². The second kappa shape index (κ2) is 9.06. The highest BCUT2D eigenvalue weighted by atomic mass is 16.5. The number of ether oxygens (including phenoxy) is 1. The minimum atomic E-state index is -0.465. The van der Waals surface area contributed by atoms with Crippen molar-refractivity contribution < 1.29 is 14.3 Å². The van der Waals surface area contributed by atoms with E-state index < -0.39 is 12.1 Å². The normalized spacial score (nSPS) is 11.7. The van der Waals surface area contributed by atoms with Crippen LogP contribution in [0.2, 0.25) is 0 Å². The second-order valence-corrected chi connectivity index (χ2v) is 4.40. The quantitative estimate of drug-likeness (QED) is 0.467. The number of amides is 1. The molecule has 5 N–H and O–H groups in total. The number of nitrogens with two attached hydrogens (primary N) is 2. The first-order valence-electron chi connectivity index (χ1n) is 6.56. The average Bonchev–Trinajstić information content (AvgIpc) is 2.44. The summed E-state index contributed by atoms with van der Waals surface area (Å²) in [6.45, 7) is 0.620. The van der Waals surface area contributed by atoms with Crippen molar-refractivity contribution in [2.75, 3.05) is 6.54 Å². The maximum atomic E-state index is 11.5. The number of benzene rings is 1. The minimum Gasteiger partial charge on any atom is -0.461 e. The Morgan fingerprint density at radius 1 is 1.20 bits per heavy atom. The van der Waals surface area contributed by atoms with Crippen molar-refractivity contribution in [1.82, 2.24) is 5.32 Å². The lowest BCUT2D eigenvalue weighted by molar-refractivity contribution is -0.146. The molecule has 0 saturated heterocycles. The zero-order valence-corrected chi connectivity index (χ0v) is 11.4. The fourth-order valence-electron chi connectivity index (χ4n) is 1.56. The summed E-state index contributed by atoms with van der Waals surface area (Å²) in [6, 6.07) is 9.36. The van der Waals surface area contributed by atoms with Gasteiger partial charge in [0.15, 0.2) is 0 Å². The van der Waals surface area contributed by atoms with Gasteiger partial charge in [-0.3, -0.25) is 9.59 Å². The van der Waals surface area contributed by atoms with E-state index in [-0.39, 0.29) is 25.4 Å². The average molecular weight is 279 g/mol. The molecule has 6 heteroatoms. The Labute approximate surface area is 118 Å². The van der Waals surface area contributed by atoms with E-state index in [1.165, 1.54) is 0 Å². The molecule has 1 unspecified atom stereocenters. The molecule has 0 fully saturated rings. The van der Waals surface area contributed by atoms with Gasteiger partial charge in [0.2, 0.25) is 5.91 Å². The molecule has 1 amide bonds. The molecule has 20 heavy (non-hydrogen) atoms. The van der Waals surface area contributed by atoms with E-state index in [1.54, 1.807) is 0 Å². The molecule has 0 heterocycles. The van der Waals surface area contributed by atoms with Crippen LogP contribution in [0, 0.1) is 0 Å². The molecule has 0 aromatic heterocycles. The van der Waals surface area contributed by atoms with Crippen molar-refractivity contribution in [2.24, 2.45) is 11.5 Å². The molecule has 1 atom stereocenters. The molecule has 0 bridgehead atoms. The molecular weight excluding hydrogens is 258 g/mol. The SMILES string of the molecule is NCCC(N)NC(=O)CCC(=O)OCc1ccccc1. The summed E-state index contributed by atoms with van der Waals surface area (Å²) in [6.07, 6.45) is 0.136. The van der Waals surface area contributed by atoms with Gasteiger partial charge in [0.25, 0.3) is 0 Å². The van der Waals surface area contributed by atoms with Gasteiger partial charge < -0.3 is 21.5 Å². The summed E-state index contributed by atoms with van der Waals surface area (Å²) < 4.78 is 5.06. The van der Waals surface area contributed by atoms with Gasteiger partial charge in [-0.1, -0.05) is 30.3 Å². The first-order valence-corrected chi connectivity index (χ1v) is 6.56. The maximum Gasteiger partial charge on any atom is 0.306 e. The molecule has 0 aliphatic heterocycles. The number of carbonyl (C=O) groups excluding carboxylic acids is 2. The zero-order valence-electron chi connectivity index (χ0n) is 11.4. The van der Waals surface area contributed by atoms with Crippen LogP contribution in [0.1, 0.15) is 24.8 Å². The van der Waals surface area contributed by atoms with Crippen LogP contribution in [-0.4, -0.2) is 24.6 Å². The van der Waals surface area contributed by atoms with Gasteiger partial charge in [0, 0.05) is 6.42 Å². The molecule has 0 aliphatic rings. The molecule has 0 radical (unpaired) electrons. The molecule has 6 nitrogen and oxygen atoms in total. The van der Waals surface area contributed by atoms with E-state index in [1.807, 2.05) is 30.3 Å². The van der Waals surface area contributed by atoms with Gasteiger partial charge in [-0.15, -0.1) is 0 Å². The molecule has 0 saturated carbocycles. The highest BCUT2D eigenvalue weighted by Gasteiger charge is 2.10. The van der Waals surface area contributed by atoms with Gasteiger partial charge >= 0.3 is 5.97 Å². The fraction of sp³-hybridized carbons (Fsp3) is 0.429. The number of hydrogen-bond acceptors (Lipinski definition) is 5. The lowest BCUT2D eigenvalue weighted by Gasteiger charge is -2.12. The smallest absolute Gasteiger partial charge is 0.306 e. The van der Waals surface area contributed by atoms with Crippen LogP contribution < -0.4 is 16.8 Å². The molecular formula is C14H21N3O3. The first kappa shape index (κ1) is 16.1. The zero-order chi connectivity index (χ0) is 14.8. The second-order valence-electron chi connectivity index (χ2n) is 4.40. The van der Waals surface area contributed by atoms with Crippen LogP contribution in [-0.2, 0) is 20.9 Å². The van der Waals surface area contributed by atoms with Crippen LogP contribution in [0.3, 0.4) is 0 Å². The van der Waals surface area contributed by atoms with E-state index in [9.17, 15) is 9.59 Å². The Morgan fingerprint density at radius 2 is 1.90 bits per heavy atom. The number of carbonyl (C=O) groups is 2. The summed E-state index contributed by atoms with van der Waals surface area (Å²) in [5.74, 6) is -0.681. The van der Waals surface area contributed by atoms with Gasteiger partial charge in [-0.2, -0.15) is 0 Å². The predicted molar refractivity (Wildman–Crippen MR) is 75.3 cm³/mol. The van der Waals surface area contributed by atoms with Gasteiger partial charge in [0.05, 0.1) is 12.6 Å². The minimum absolute atomic E-state index is 0.0357. The molecule has 110 valence electrons. The van der Waals surface area contributed by atoms with Crippen LogP contribution in [0.5, 0.6) is 0 Å². The van der Waals surface area contributed by atoms with Crippen molar-refractivity contribution in [3.8, 4) is 0 Å². The van der Waals surface area contributed by atoms with E-state index in [2.05, 4.69) is 5.32 Å². The standard InChI is InChI=1S/C14H21N3O3/c15-9-8-12(16)17-13(18)6-7-14(19)20-10-11-4-2-1-3-5-11/h1-5,12H,6-10,15-16H2,(H,17,18). The number of nitrogens with one attached hydrogen (secondary N) is 1. The summed E-state index contributed by atoms with van der Waals surface area (Å²) >= 11 is 0. The number of hydrogen-bond donors (Lipinski definition) is 3.